The van der Waals surface area contributed by atoms with Gasteiger partial charge in [-0.05, 0) is 26.5 Å². The third-order valence-electron chi connectivity index (χ3n) is 2.65. The molecular formula is C14H22N2O2. The average Bonchev–Trinajstić information content (AvgIpc) is 2.29. The number of hydrogen-bond acceptors (Lipinski definition) is 3. The van der Waals surface area contributed by atoms with E-state index in [2.05, 4.69) is 22.3 Å². The first-order valence-corrected chi connectivity index (χ1v) is 6.20. The van der Waals surface area contributed by atoms with Crippen LogP contribution in [0.2, 0.25) is 0 Å². The molecule has 1 rings (SSSR count). The summed E-state index contributed by atoms with van der Waals surface area (Å²) >= 11 is 0. The van der Waals surface area contributed by atoms with Gasteiger partial charge < -0.3 is 15.3 Å². The van der Waals surface area contributed by atoms with Crippen molar-refractivity contribution in [2.75, 3.05) is 13.6 Å². The molecule has 0 aliphatic rings. The van der Waals surface area contributed by atoms with E-state index in [-0.39, 0.29) is 11.9 Å². The minimum absolute atomic E-state index is 0.0146. The number of carbonyl (C=O) groups is 1. The van der Waals surface area contributed by atoms with Crippen molar-refractivity contribution in [2.24, 2.45) is 0 Å². The number of rotatable bonds is 6. The van der Waals surface area contributed by atoms with E-state index in [9.17, 15) is 4.79 Å². The first-order chi connectivity index (χ1) is 8.49. The lowest BCUT2D eigenvalue weighted by molar-refractivity contribution is -0.129. The summed E-state index contributed by atoms with van der Waals surface area (Å²) in [4.78, 5) is 13.5. The van der Waals surface area contributed by atoms with Crippen molar-refractivity contribution < 1.29 is 9.90 Å². The lowest BCUT2D eigenvalue weighted by atomic mass is 10.2. The van der Waals surface area contributed by atoms with Crippen molar-refractivity contribution >= 4 is 5.91 Å². The first-order valence-electron chi connectivity index (χ1n) is 6.20. The molecule has 0 aliphatic carbocycles. The molecule has 100 valence electrons. The summed E-state index contributed by atoms with van der Waals surface area (Å²) in [7, 11) is 2.01. The van der Waals surface area contributed by atoms with Crippen molar-refractivity contribution in [1.82, 2.24) is 10.2 Å². The molecule has 2 atom stereocenters. The average molecular weight is 250 g/mol. The maximum atomic E-state index is 11.3. The highest BCUT2D eigenvalue weighted by Crippen LogP contribution is 2.03. The van der Waals surface area contributed by atoms with Crippen molar-refractivity contribution in [3.05, 3.63) is 35.9 Å². The van der Waals surface area contributed by atoms with E-state index in [1.807, 2.05) is 32.2 Å². The summed E-state index contributed by atoms with van der Waals surface area (Å²) in [6, 6.07) is 10.2. The van der Waals surface area contributed by atoms with Gasteiger partial charge in [-0.1, -0.05) is 30.3 Å². The van der Waals surface area contributed by atoms with Crippen LogP contribution in [0.5, 0.6) is 0 Å². The van der Waals surface area contributed by atoms with Gasteiger partial charge in [0, 0.05) is 19.1 Å². The Bertz CT molecular complexity index is 365. The van der Waals surface area contributed by atoms with Crippen LogP contribution < -0.4 is 5.32 Å². The zero-order valence-corrected chi connectivity index (χ0v) is 11.3. The Kier molecular flexibility index (Phi) is 5.82. The van der Waals surface area contributed by atoms with Gasteiger partial charge in [0.05, 0.1) is 0 Å². The Labute approximate surface area is 109 Å². The molecule has 18 heavy (non-hydrogen) atoms. The minimum Gasteiger partial charge on any atom is -0.384 e. The Morgan fingerprint density at radius 1 is 1.33 bits per heavy atom. The van der Waals surface area contributed by atoms with Crippen LogP contribution in [-0.2, 0) is 11.3 Å². The van der Waals surface area contributed by atoms with Gasteiger partial charge >= 0.3 is 0 Å². The number of carbonyl (C=O) groups excluding carboxylic acids is 1. The highest BCUT2D eigenvalue weighted by atomic mass is 16.3. The van der Waals surface area contributed by atoms with Gasteiger partial charge in [-0.15, -0.1) is 0 Å². The van der Waals surface area contributed by atoms with E-state index in [4.69, 9.17) is 5.11 Å². The van der Waals surface area contributed by atoms with Crippen LogP contribution in [0.4, 0.5) is 0 Å². The van der Waals surface area contributed by atoms with Gasteiger partial charge in [-0.2, -0.15) is 0 Å². The molecule has 1 aromatic rings. The van der Waals surface area contributed by atoms with Crippen LogP contribution in [0, 0.1) is 0 Å². The number of hydrogen-bond donors (Lipinski definition) is 2. The maximum absolute atomic E-state index is 11.3. The molecule has 0 saturated carbocycles. The fraction of sp³-hybridized carbons (Fsp3) is 0.500. The van der Waals surface area contributed by atoms with Crippen molar-refractivity contribution in [2.45, 2.75) is 32.5 Å². The van der Waals surface area contributed by atoms with E-state index in [1.165, 1.54) is 12.5 Å². The normalized spacial score (nSPS) is 14.3. The second-order valence-corrected chi connectivity index (χ2v) is 4.77. The van der Waals surface area contributed by atoms with E-state index in [1.54, 1.807) is 0 Å². The second-order valence-electron chi connectivity index (χ2n) is 4.77. The van der Waals surface area contributed by atoms with Crippen molar-refractivity contribution in [3.63, 3.8) is 0 Å². The first kappa shape index (κ1) is 14.7. The molecule has 1 amide bonds. The zero-order chi connectivity index (χ0) is 13.5. The summed E-state index contributed by atoms with van der Waals surface area (Å²) in [5.41, 5.74) is 1.24. The number of aliphatic hydroxyl groups is 1. The van der Waals surface area contributed by atoms with Crippen LogP contribution in [0.1, 0.15) is 19.4 Å². The Morgan fingerprint density at radius 2 is 1.94 bits per heavy atom. The number of amides is 1. The summed E-state index contributed by atoms with van der Waals surface area (Å²) in [5, 5.41) is 11.9. The fourth-order valence-electron chi connectivity index (χ4n) is 1.84. The number of nitrogens with one attached hydrogen (secondary N) is 1. The third-order valence-corrected chi connectivity index (χ3v) is 2.65. The lowest BCUT2D eigenvalue weighted by Crippen LogP contribution is -2.44. The molecule has 0 aliphatic heterocycles. The molecule has 0 fully saturated rings. The van der Waals surface area contributed by atoms with Crippen LogP contribution in [-0.4, -0.2) is 41.7 Å². The van der Waals surface area contributed by atoms with Crippen molar-refractivity contribution in [3.8, 4) is 0 Å². The molecule has 4 nitrogen and oxygen atoms in total. The number of benzene rings is 1. The molecule has 1 aromatic carbocycles. The number of nitrogens with zero attached hydrogens (tertiary/aromatic N) is 1. The lowest BCUT2D eigenvalue weighted by Gasteiger charge is -2.22. The fourth-order valence-corrected chi connectivity index (χ4v) is 1.84. The maximum Gasteiger partial charge on any atom is 0.248 e. The number of aliphatic hydroxyl groups excluding tert-OH is 1. The standard InChI is InChI=1S/C14H22N2O2/c1-11(15-14(18)12(2)17)9-16(3)10-13-7-5-4-6-8-13/h4-8,11-12,17H,9-10H2,1-3H3,(H,15,18). The van der Waals surface area contributed by atoms with Crippen LogP contribution >= 0.6 is 0 Å². The molecule has 2 unspecified atom stereocenters. The van der Waals surface area contributed by atoms with Crippen molar-refractivity contribution in [1.29, 1.82) is 0 Å². The van der Waals surface area contributed by atoms with Gasteiger partial charge in [0.25, 0.3) is 0 Å². The monoisotopic (exact) mass is 250 g/mol. The molecular weight excluding hydrogens is 228 g/mol. The largest absolute Gasteiger partial charge is 0.384 e. The SMILES string of the molecule is CC(CN(C)Cc1ccccc1)NC(=O)C(C)O. The van der Waals surface area contributed by atoms with Gasteiger partial charge in [0.15, 0.2) is 0 Å². The van der Waals surface area contributed by atoms with Gasteiger partial charge in [0.2, 0.25) is 5.91 Å². The third kappa shape index (κ3) is 5.29. The summed E-state index contributed by atoms with van der Waals surface area (Å²) < 4.78 is 0. The summed E-state index contributed by atoms with van der Waals surface area (Å²) in [6.45, 7) is 4.99. The van der Waals surface area contributed by atoms with Gasteiger partial charge in [-0.25, -0.2) is 0 Å². The summed E-state index contributed by atoms with van der Waals surface area (Å²) in [5.74, 6) is -0.324. The molecule has 0 radical (unpaired) electrons. The molecule has 0 heterocycles. The Morgan fingerprint density at radius 3 is 2.50 bits per heavy atom. The molecule has 0 aromatic heterocycles. The van der Waals surface area contributed by atoms with Crippen LogP contribution in [0.15, 0.2) is 30.3 Å². The van der Waals surface area contributed by atoms with Gasteiger partial charge in [0.1, 0.15) is 6.10 Å². The van der Waals surface area contributed by atoms with E-state index < -0.39 is 6.10 Å². The smallest absolute Gasteiger partial charge is 0.248 e. The number of likely N-dealkylation sites (N-methyl/N-ethyl adjacent to an activating group) is 1. The van der Waals surface area contributed by atoms with Crippen LogP contribution in [0.25, 0.3) is 0 Å². The summed E-state index contributed by atoms with van der Waals surface area (Å²) in [6.07, 6.45) is -0.952. The predicted molar refractivity (Wildman–Crippen MR) is 72.1 cm³/mol. The highest BCUT2D eigenvalue weighted by Gasteiger charge is 2.13. The van der Waals surface area contributed by atoms with E-state index in [0.29, 0.717) is 0 Å². The Hall–Kier alpha value is -1.39. The molecule has 2 N–H and O–H groups in total. The minimum atomic E-state index is -0.952. The Balaban J connectivity index is 2.36. The van der Waals surface area contributed by atoms with Crippen LogP contribution in [0.3, 0.4) is 0 Å². The quantitative estimate of drug-likeness (QED) is 0.792. The predicted octanol–water partition coefficient (Wildman–Crippen LogP) is 1.00. The highest BCUT2D eigenvalue weighted by molar-refractivity contribution is 5.80. The molecule has 0 spiro atoms. The second kappa shape index (κ2) is 7.13. The topological polar surface area (TPSA) is 52.6 Å². The van der Waals surface area contributed by atoms with Gasteiger partial charge in [-0.3, -0.25) is 4.79 Å². The van der Waals surface area contributed by atoms with E-state index in [0.717, 1.165) is 13.1 Å². The molecule has 0 bridgehead atoms. The zero-order valence-electron chi connectivity index (χ0n) is 11.3. The van der Waals surface area contributed by atoms with E-state index >= 15 is 0 Å². The molecule has 4 heteroatoms. The molecule has 0 saturated heterocycles.